The molecule has 0 unspecified atom stereocenters. The Labute approximate surface area is 219 Å². The maximum Gasteiger partial charge on any atom is 0.309 e. The molecule has 198 valence electrons. The lowest BCUT2D eigenvalue weighted by Gasteiger charge is -2.20. The van der Waals surface area contributed by atoms with Crippen LogP contribution < -0.4 is 10.6 Å². The molecule has 3 N–H and O–H groups in total. The molecule has 1 aliphatic heterocycles. The van der Waals surface area contributed by atoms with Crippen LogP contribution in [0.15, 0.2) is 72.8 Å². The number of nitrogens with one attached hydrogen (secondary N) is 2. The molecule has 0 saturated carbocycles. The molecule has 0 bridgehead atoms. The van der Waals surface area contributed by atoms with Crippen molar-refractivity contribution in [2.75, 3.05) is 19.8 Å². The van der Waals surface area contributed by atoms with Crippen molar-refractivity contribution < 1.29 is 24.2 Å². The van der Waals surface area contributed by atoms with E-state index in [1.54, 1.807) is 0 Å². The van der Waals surface area contributed by atoms with E-state index in [0.717, 1.165) is 30.4 Å². The van der Waals surface area contributed by atoms with Gasteiger partial charge in [0.1, 0.15) is 6.61 Å². The third-order valence-corrected chi connectivity index (χ3v) is 6.53. The molecule has 1 heterocycles. The first-order valence-corrected chi connectivity index (χ1v) is 13.1. The lowest BCUT2D eigenvalue weighted by molar-refractivity contribution is -0.149. The fourth-order valence-electron chi connectivity index (χ4n) is 4.50. The summed E-state index contributed by atoms with van der Waals surface area (Å²) in [7, 11) is 0. The first kappa shape index (κ1) is 28.1. The summed E-state index contributed by atoms with van der Waals surface area (Å²) < 4.78 is 5.48. The summed E-state index contributed by atoms with van der Waals surface area (Å²) in [4.78, 5) is 38.3. The Kier molecular flexibility index (Phi) is 11.9. The highest BCUT2D eigenvalue weighted by molar-refractivity contribution is 5.86. The molecule has 0 radical (unpaired) electrons. The van der Waals surface area contributed by atoms with Crippen molar-refractivity contribution in [2.24, 2.45) is 11.8 Å². The highest BCUT2D eigenvalue weighted by Gasteiger charge is 2.24. The van der Waals surface area contributed by atoms with E-state index < -0.39 is 12.0 Å². The van der Waals surface area contributed by atoms with Crippen LogP contribution in [0.3, 0.4) is 0 Å². The van der Waals surface area contributed by atoms with Crippen molar-refractivity contribution in [2.45, 2.75) is 51.0 Å². The molecule has 37 heavy (non-hydrogen) atoms. The van der Waals surface area contributed by atoms with Crippen LogP contribution in [0.4, 0.5) is 0 Å². The van der Waals surface area contributed by atoms with Gasteiger partial charge in [0.05, 0.1) is 31.0 Å². The zero-order valence-electron chi connectivity index (χ0n) is 21.3. The fraction of sp³-hybridized carbons (Fsp3) is 0.433. The summed E-state index contributed by atoms with van der Waals surface area (Å²) in [5.41, 5.74) is 2.11. The van der Waals surface area contributed by atoms with Crippen LogP contribution in [-0.4, -0.2) is 48.7 Å². The number of amides is 2. The zero-order chi connectivity index (χ0) is 26.3. The maximum absolute atomic E-state index is 12.8. The number of carbonyl (C=O) groups excluding carboxylic acids is 3. The van der Waals surface area contributed by atoms with Crippen molar-refractivity contribution in [1.29, 1.82) is 0 Å². The summed E-state index contributed by atoms with van der Waals surface area (Å²) in [6.45, 7) is 0.0973. The lowest BCUT2D eigenvalue weighted by Crippen LogP contribution is -2.42. The summed E-state index contributed by atoms with van der Waals surface area (Å²) in [5.74, 6) is -1.54. The Balaban J connectivity index is 1.55. The van der Waals surface area contributed by atoms with E-state index in [1.807, 2.05) is 72.8 Å². The van der Waals surface area contributed by atoms with Gasteiger partial charge in [0.2, 0.25) is 11.8 Å². The van der Waals surface area contributed by atoms with Gasteiger partial charge in [0, 0.05) is 6.42 Å². The number of cyclic esters (lactones) is 1. The summed E-state index contributed by atoms with van der Waals surface area (Å²) in [6.07, 6.45) is 7.89. The smallest absolute Gasteiger partial charge is 0.309 e. The first-order valence-electron chi connectivity index (χ1n) is 13.1. The molecule has 0 saturated heterocycles. The van der Waals surface area contributed by atoms with Crippen molar-refractivity contribution in [3.8, 4) is 0 Å². The fourth-order valence-corrected chi connectivity index (χ4v) is 4.50. The highest BCUT2D eigenvalue weighted by Crippen LogP contribution is 2.19. The molecule has 7 heteroatoms. The van der Waals surface area contributed by atoms with Crippen LogP contribution in [0.5, 0.6) is 0 Å². The van der Waals surface area contributed by atoms with Crippen LogP contribution in [0.2, 0.25) is 0 Å². The number of ether oxygens (including phenoxy) is 1. The monoisotopic (exact) mass is 506 g/mol. The highest BCUT2D eigenvalue weighted by atomic mass is 16.5. The number of aliphatic hydroxyl groups is 1. The van der Waals surface area contributed by atoms with E-state index in [4.69, 9.17) is 4.74 Å². The molecule has 3 rings (SSSR count). The Morgan fingerprint density at radius 3 is 2.41 bits per heavy atom. The van der Waals surface area contributed by atoms with Crippen LogP contribution in [-0.2, 0) is 32.0 Å². The minimum Gasteiger partial charge on any atom is -0.464 e. The maximum atomic E-state index is 12.8. The number of allylic oxidation sites excluding steroid dienone is 2. The van der Waals surface area contributed by atoms with Gasteiger partial charge in [-0.15, -0.1) is 0 Å². The second-order valence-corrected chi connectivity index (χ2v) is 9.52. The molecule has 0 fully saturated rings. The number of aliphatic hydroxyl groups excluding tert-OH is 1. The number of rotatable bonds is 8. The third-order valence-electron chi connectivity index (χ3n) is 6.53. The largest absolute Gasteiger partial charge is 0.464 e. The lowest BCUT2D eigenvalue weighted by atomic mass is 9.93. The van der Waals surface area contributed by atoms with Crippen molar-refractivity contribution >= 4 is 17.8 Å². The number of esters is 1. The minimum atomic E-state index is -0.545. The summed E-state index contributed by atoms with van der Waals surface area (Å²) >= 11 is 0. The second-order valence-electron chi connectivity index (χ2n) is 9.52. The molecular formula is C30H38N2O5. The predicted molar refractivity (Wildman–Crippen MR) is 142 cm³/mol. The molecule has 0 spiro atoms. The van der Waals surface area contributed by atoms with E-state index in [9.17, 15) is 19.5 Å². The summed E-state index contributed by atoms with van der Waals surface area (Å²) in [6, 6.07) is 19.1. The topological polar surface area (TPSA) is 105 Å². The third kappa shape index (κ3) is 10.2. The van der Waals surface area contributed by atoms with E-state index in [0.29, 0.717) is 19.3 Å². The predicted octanol–water partition coefficient (Wildman–Crippen LogP) is 3.36. The van der Waals surface area contributed by atoms with Crippen LogP contribution in [0, 0.1) is 11.8 Å². The van der Waals surface area contributed by atoms with Crippen LogP contribution >= 0.6 is 0 Å². The summed E-state index contributed by atoms with van der Waals surface area (Å²) in [5, 5.41) is 15.4. The molecule has 2 aromatic rings. The average molecular weight is 507 g/mol. The first-order chi connectivity index (χ1) is 18.0. The van der Waals surface area contributed by atoms with Gasteiger partial charge >= 0.3 is 5.97 Å². The van der Waals surface area contributed by atoms with E-state index in [2.05, 4.69) is 10.6 Å². The van der Waals surface area contributed by atoms with Gasteiger partial charge in [-0.3, -0.25) is 14.4 Å². The normalized spacial score (nSPS) is 20.2. The number of hydrogen-bond acceptors (Lipinski definition) is 5. The van der Waals surface area contributed by atoms with Gasteiger partial charge in [-0.25, -0.2) is 0 Å². The van der Waals surface area contributed by atoms with Gasteiger partial charge < -0.3 is 20.5 Å². The van der Waals surface area contributed by atoms with Gasteiger partial charge in [-0.05, 0) is 49.7 Å². The van der Waals surface area contributed by atoms with Gasteiger partial charge in [0.15, 0.2) is 0 Å². The molecule has 3 atom stereocenters. The van der Waals surface area contributed by atoms with Crippen molar-refractivity contribution in [3.05, 3.63) is 83.9 Å². The Morgan fingerprint density at radius 2 is 1.70 bits per heavy atom. The van der Waals surface area contributed by atoms with Gasteiger partial charge in [0.25, 0.3) is 0 Å². The quantitative estimate of drug-likeness (QED) is 0.376. The SMILES string of the molecule is O=C(C[C@H]1CC=CCCC[C@H](Cc2ccccc2)C(=O)OCCNC1=O)N[C@H](CO)Cc1ccccc1. The molecule has 2 aromatic carbocycles. The average Bonchev–Trinajstić information content (AvgIpc) is 2.91. The van der Waals surface area contributed by atoms with Gasteiger partial charge in [-0.1, -0.05) is 72.8 Å². The van der Waals surface area contributed by atoms with E-state index in [1.165, 1.54) is 0 Å². The molecule has 0 aromatic heterocycles. The molecule has 0 aliphatic carbocycles. The van der Waals surface area contributed by atoms with E-state index >= 15 is 0 Å². The van der Waals surface area contributed by atoms with Gasteiger partial charge in [-0.2, -0.15) is 0 Å². The zero-order valence-corrected chi connectivity index (χ0v) is 21.3. The Morgan fingerprint density at radius 1 is 1.00 bits per heavy atom. The Bertz CT molecular complexity index is 1010. The van der Waals surface area contributed by atoms with E-state index in [-0.39, 0.29) is 49.9 Å². The van der Waals surface area contributed by atoms with Crippen LogP contribution in [0.25, 0.3) is 0 Å². The molecular weight excluding hydrogens is 468 g/mol. The van der Waals surface area contributed by atoms with Crippen molar-refractivity contribution in [1.82, 2.24) is 10.6 Å². The van der Waals surface area contributed by atoms with Crippen LogP contribution in [0.1, 0.15) is 43.2 Å². The molecule has 2 amide bonds. The number of carbonyl (C=O) groups is 3. The standard InChI is InChI=1S/C30H38N2O5/c33-22-27(20-24-13-7-4-8-14-24)32-28(34)21-25-15-9-1-2-10-16-26(19-23-11-5-3-6-12-23)30(36)37-18-17-31-29(25)35/h1,3-9,11-14,25-27,33H,2,10,15-22H2,(H,31,35)(H,32,34)/t25-,26-,27+/m1/s1. The molecule has 7 nitrogen and oxygen atoms in total. The number of benzene rings is 2. The second kappa shape index (κ2) is 15.6. The number of hydrogen-bond donors (Lipinski definition) is 3. The Hall–Kier alpha value is -3.45. The van der Waals surface area contributed by atoms with Crippen molar-refractivity contribution in [3.63, 3.8) is 0 Å². The molecule has 1 aliphatic rings. The minimum absolute atomic E-state index is 0.0143.